The lowest BCUT2D eigenvalue weighted by atomic mass is 9.92. The van der Waals surface area contributed by atoms with E-state index >= 15 is 0 Å². The molecule has 8 heteroatoms. The molecule has 0 saturated carbocycles. The molecule has 4 atom stereocenters. The van der Waals surface area contributed by atoms with Gasteiger partial charge in [-0.15, -0.1) is 0 Å². The number of amides is 1. The summed E-state index contributed by atoms with van der Waals surface area (Å²) in [6.07, 6.45) is 0.806. The Morgan fingerprint density at radius 1 is 1.67 bits per heavy atom. The average molecular weight is 334 g/mol. The van der Waals surface area contributed by atoms with Crippen molar-refractivity contribution < 1.29 is 24.2 Å². The second-order valence-corrected chi connectivity index (χ2v) is 6.62. The molecule has 0 aromatic carbocycles. The Morgan fingerprint density at radius 3 is 3.00 bits per heavy atom. The van der Waals surface area contributed by atoms with Gasteiger partial charge in [0, 0.05) is 11.5 Å². The zero-order chi connectivity index (χ0) is 15.1. The molecule has 2 fully saturated rings. The number of esters is 1. The van der Waals surface area contributed by atoms with Crippen LogP contribution in [0.5, 0.6) is 0 Å². The van der Waals surface area contributed by atoms with Crippen LogP contribution >= 0.6 is 23.4 Å². The number of halogens is 1. The number of hydrogen-bond acceptors (Lipinski definition) is 6. The van der Waals surface area contributed by atoms with Crippen LogP contribution in [-0.2, 0) is 19.1 Å². The second-order valence-electron chi connectivity index (χ2n) is 5.24. The maximum absolute atomic E-state index is 12.2. The van der Waals surface area contributed by atoms with Crippen molar-refractivity contribution in [2.45, 2.75) is 37.3 Å². The van der Waals surface area contributed by atoms with Gasteiger partial charge in [-0.05, 0) is 19.8 Å². The standard InChI is InChI=1S/C13H16ClNO5S/c1-6(16)8-11(17)15-9(13(18)20-5-14)10(21-12(8)15)7-3-2-4-19-7/h6-8,12,16H,2-5H2,1H3/t6-,7-,8+,12-/m1/s1. The van der Waals surface area contributed by atoms with Crippen LogP contribution in [0.15, 0.2) is 10.6 Å². The van der Waals surface area contributed by atoms with E-state index in [1.807, 2.05) is 0 Å². The fourth-order valence-electron chi connectivity index (χ4n) is 2.93. The lowest BCUT2D eigenvalue weighted by Crippen LogP contribution is -2.60. The molecule has 0 aliphatic carbocycles. The molecule has 0 radical (unpaired) electrons. The van der Waals surface area contributed by atoms with Gasteiger partial charge in [-0.1, -0.05) is 23.4 Å². The Morgan fingerprint density at radius 2 is 2.43 bits per heavy atom. The van der Waals surface area contributed by atoms with Crippen molar-refractivity contribution in [1.29, 1.82) is 0 Å². The molecule has 0 spiro atoms. The van der Waals surface area contributed by atoms with Gasteiger partial charge in [0.25, 0.3) is 0 Å². The molecule has 3 aliphatic rings. The molecule has 116 valence electrons. The molecule has 0 unspecified atom stereocenters. The molecular formula is C13H16ClNO5S. The first-order valence-electron chi connectivity index (χ1n) is 6.83. The summed E-state index contributed by atoms with van der Waals surface area (Å²) in [5.74, 6) is -1.35. The second kappa shape index (κ2) is 5.79. The van der Waals surface area contributed by atoms with Crippen LogP contribution in [0.2, 0.25) is 0 Å². The minimum atomic E-state index is -0.750. The highest BCUT2D eigenvalue weighted by Gasteiger charge is 2.58. The van der Waals surface area contributed by atoms with E-state index < -0.39 is 18.0 Å². The number of aliphatic hydroxyl groups excluding tert-OH is 1. The van der Waals surface area contributed by atoms with Crippen molar-refractivity contribution in [2.75, 3.05) is 12.7 Å². The third-order valence-corrected chi connectivity index (χ3v) is 5.49. The SMILES string of the molecule is C[C@@H](O)[C@H]1C(=O)N2C(C(=O)OCCl)=C([C@H]3CCCO3)S[C@H]12. The predicted molar refractivity (Wildman–Crippen MR) is 76.2 cm³/mol. The number of nitrogens with zero attached hydrogens (tertiary/aromatic N) is 1. The predicted octanol–water partition coefficient (Wildman–Crippen LogP) is 1.03. The van der Waals surface area contributed by atoms with Crippen molar-refractivity contribution >= 4 is 35.2 Å². The molecule has 3 rings (SSSR count). The molecule has 0 aromatic heterocycles. The van der Waals surface area contributed by atoms with Crippen LogP contribution in [0, 0.1) is 5.92 Å². The van der Waals surface area contributed by atoms with E-state index in [2.05, 4.69) is 0 Å². The molecular weight excluding hydrogens is 318 g/mol. The molecule has 0 bridgehead atoms. The van der Waals surface area contributed by atoms with Crippen LogP contribution in [0.1, 0.15) is 19.8 Å². The van der Waals surface area contributed by atoms with Gasteiger partial charge in [0.1, 0.15) is 11.1 Å². The molecule has 1 amide bonds. The van der Waals surface area contributed by atoms with E-state index in [9.17, 15) is 14.7 Å². The molecule has 3 heterocycles. The van der Waals surface area contributed by atoms with Gasteiger partial charge in [0.15, 0.2) is 6.07 Å². The average Bonchev–Trinajstić information content (AvgIpc) is 3.03. The highest BCUT2D eigenvalue weighted by molar-refractivity contribution is 8.04. The zero-order valence-corrected chi connectivity index (χ0v) is 13.0. The Hall–Kier alpha value is -0.760. The van der Waals surface area contributed by atoms with E-state index in [1.54, 1.807) is 6.92 Å². The summed E-state index contributed by atoms with van der Waals surface area (Å²) < 4.78 is 10.5. The van der Waals surface area contributed by atoms with Crippen LogP contribution < -0.4 is 0 Å². The van der Waals surface area contributed by atoms with Gasteiger partial charge in [-0.3, -0.25) is 9.69 Å². The normalized spacial score (nSPS) is 33.0. The number of carbonyl (C=O) groups is 2. The summed E-state index contributed by atoms with van der Waals surface area (Å²) in [6.45, 7) is 2.23. The molecule has 1 N–H and O–H groups in total. The highest BCUT2D eigenvalue weighted by atomic mass is 35.5. The first-order chi connectivity index (χ1) is 10.1. The Balaban J connectivity index is 1.90. The summed E-state index contributed by atoms with van der Waals surface area (Å²) in [6, 6.07) is -0.266. The molecule has 0 aromatic rings. The Bertz CT molecular complexity index is 503. The molecule has 2 saturated heterocycles. The lowest BCUT2D eigenvalue weighted by molar-refractivity contribution is -0.157. The van der Waals surface area contributed by atoms with Gasteiger partial charge in [-0.25, -0.2) is 4.79 Å². The van der Waals surface area contributed by atoms with Crippen molar-refractivity contribution in [2.24, 2.45) is 5.92 Å². The maximum atomic E-state index is 12.2. The first kappa shape index (κ1) is 15.1. The number of ether oxygens (including phenoxy) is 2. The topological polar surface area (TPSA) is 76.1 Å². The third kappa shape index (κ3) is 2.36. The van der Waals surface area contributed by atoms with E-state index in [1.165, 1.54) is 16.7 Å². The monoisotopic (exact) mass is 333 g/mol. The number of β-lactam (4-membered cyclic amide) rings is 1. The van der Waals surface area contributed by atoms with Gasteiger partial charge in [0.05, 0.1) is 18.1 Å². The van der Waals surface area contributed by atoms with Gasteiger partial charge in [-0.2, -0.15) is 0 Å². The lowest BCUT2D eigenvalue weighted by Gasteiger charge is -2.43. The quantitative estimate of drug-likeness (QED) is 0.470. The van der Waals surface area contributed by atoms with Crippen LogP contribution in [0.3, 0.4) is 0 Å². The van der Waals surface area contributed by atoms with Crippen molar-refractivity contribution in [3.8, 4) is 0 Å². The fourth-order valence-corrected chi connectivity index (χ4v) is 4.72. The van der Waals surface area contributed by atoms with Gasteiger partial charge < -0.3 is 14.6 Å². The number of thioether (sulfide) groups is 1. The third-order valence-electron chi connectivity index (χ3n) is 3.93. The van der Waals surface area contributed by atoms with Crippen molar-refractivity contribution in [3.05, 3.63) is 10.6 Å². The number of rotatable bonds is 4. The number of hydrogen-bond donors (Lipinski definition) is 1. The highest BCUT2D eigenvalue weighted by Crippen LogP contribution is 2.52. The Labute approximate surface area is 131 Å². The smallest absolute Gasteiger partial charge is 0.357 e. The summed E-state index contributed by atoms with van der Waals surface area (Å²) in [4.78, 5) is 26.5. The van der Waals surface area contributed by atoms with E-state index in [0.717, 1.165) is 17.7 Å². The molecule has 6 nitrogen and oxygen atoms in total. The van der Waals surface area contributed by atoms with Crippen molar-refractivity contribution in [1.82, 2.24) is 4.90 Å². The number of alkyl halides is 1. The summed E-state index contributed by atoms with van der Waals surface area (Å²) in [5, 5.41) is 9.47. The van der Waals surface area contributed by atoms with Crippen LogP contribution in [0.4, 0.5) is 0 Å². The van der Waals surface area contributed by atoms with E-state index in [0.29, 0.717) is 6.61 Å². The summed E-state index contributed by atoms with van der Waals surface area (Å²) >= 11 is 6.87. The fraction of sp³-hybridized carbons (Fsp3) is 0.692. The maximum Gasteiger partial charge on any atom is 0.357 e. The Kier molecular flexibility index (Phi) is 4.18. The van der Waals surface area contributed by atoms with Gasteiger partial charge >= 0.3 is 5.97 Å². The van der Waals surface area contributed by atoms with Crippen LogP contribution in [0.25, 0.3) is 0 Å². The minimum absolute atomic E-state index is 0.180. The van der Waals surface area contributed by atoms with E-state index in [-0.39, 0.29) is 29.1 Å². The number of aliphatic hydroxyl groups is 1. The number of carbonyl (C=O) groups excluding carboxylic acids is 2. The largest absolute Gasteiger partial charge is 0.445 e. The van der Waals surface area contributed by atoms with Gasteiger partial charge in [0.2, 0.25) is 5.91 Å². The first-order valence-corrected chi connectivity index (χ1v) is 8.24. The molecule has 3 aliphatic heterocycles. The van der Waals surface area contributed by atoms with Crippen LogP contribution in [-0.4, -0.2) is 52.1 Å². The van der Waals surface area contributed by atoms with E-state index in [4.69, 9.17) is 21.1 Å². The minimum Gasteiger partial charge on any atom is -0.445 e. The number of fused-ring (bicyclic) bond motifs is 1. The molecule has 21 heavy (non-hydrogen) atoms. The summed E-state index contributed by atoms with van der Waals surface area (Å²) in [7, 11) is 0. The summed E-state index contributed by atoms with van der Waals surface area (Å²) in [5.41, 5.74) is 0.236. The zero-order valence-electron chi connectivity index (χ0n) is 11.5. The van der Waals surface area contributed by atoms with Crippen molar-refractivity contribution in [3.63, 3.8) is 0 Å².